The second kappa shape index (κ2) is 7.11. The summed E-state index contributed by atoms with van der Waals surface area (Å²) in [5.41, 5.74) is 7.03. The first kappa shape index (κ1) is 16.8. The van der Waals surface area contributed by atoms with Crippen LogP contribution in [0.3, 0.4) is 0 Å². The molecule has 4 N–H and O–H groups in total. The van der Waals surface area contributed by atoms with Gasteiger partial charge in [0.05, 0.1) is 4.90 Å². The van der Waals surface area contributed by atoms with Crippen LogP contribution < -0.4 is 10.9 Å². The third-order valence-electron chi connectivity index (χ3n) is 4.03. The Morgan fingerprint density at radius 3 is 2.41 bits per heavy atom. The summed E-state index contributed by atoms with van der Waals surface area (Å²) >= 11 is 0. The average Bonchev–Trinajstić information content (AvgIpc) is 2.47. The molecule has 1 saturated heterocycles. The summed E-state index contributed by atoms with van der Waals surface area (Å²) < 4.78 is 22.4. The first-order valence-electron chi connectivity index (χ1n) is 7.53. The van der Waals surface area contributed by atoms with Crippen molar-refractivity contribution in [3.63, 3.8) is 0 Å². The number of piperidine rings is 1. The minimum absolute atomic E-state index is 0.127. The van der Waals surface area contributed by atoms with E-state index >= 15 is 0 Å². The number of hydrogen-bond acceptors (Lipinski definition) is 3. The first-order valence-corrected chi connectivity index (χ1v) is 9.07. The van der Waals surface area contributed by atoms with E-state index in [1.165, 1.54) is 12.1 Å². The van der Waals surface area contributed by atoms with Gasteiger partial charge in [-0.15, -0.1) is 0 Å². The lowest BCUT2D eigenvalue weighted by molar-refractivity contribution is 0.277. The molecular weight excluding hydrogens is 300 g/mol. The van der Waals surface area contributed by atoms with E-state index < -0.39 is 10.0 Å². The molecule has 0 aliphatic carbocycles. The van der Waals surface area contributed by atoms with Crippen LogP contribution in [0.25, 0.3) is 0 Å². The maximum atomic E-state index is 11.2. The molecule has 7 heteroatoms. The number of nitrogens with zero attached hydrogens (tertiary/aromatic N) is 2. The number of rotatable bonds is 4. The smallest absolute Gasteiger partial charge is 0.238 e. The number of benzene rings is 1. The fourth-order valence-electron chi connectivity index (χ4n) is 2.48. The number of primary sulfonamides is 1. The van der Waals surface area contributed by atoms with Gasteiger partial charge in [-0.05, 0) is 42.9 Å². The Kier molecular flexibility index (Phi) is 5.42. The summed E-state index contributed by atoms with van der Waals surface area (Å²) in [5, 5.41) is 5.07. The van der Waals surface area contributed by atoms with Gasteiger partial charge in [-0.25, -0.2) is 13.6 Å². The summed E-state index contributed by atoms with van der Waals surface area (Å²) in [4.78, 5) is 6.67. The number of aliphatic imine (C=N–C) groups is 1. The highest BCUT2D eigenvalue weighted by Gasteiger charge is 2.16. The SMILES string of the molecule is CC1CCN(C(N)=NCCc2ccc(S(N)(=O)=O)cc2)CC1. The predicted molar refractivity (Wildman–Crippen MR) is 88.0 cm³/mol. The van der Waals surface area contributed by atoms with Gasteiger partial charge < -0.3 is 10.6 Å². The Hall–Kier alpha value is -1.60. The van der Waals surface area contributed by atoms with Crippen molar-refractivity contribution in [2.24, 2.45) is 21.8 Å². The highest BCUT2D eigenvalue weighted by Crippen LogP contribution is 2.15. The lowest BCUT2D eigenvalue weighted by atomic mass is 10.00. The summed E-state index contributed by atoms with van der Waals surface area (Å²) in [5.74, 6) is 1.37. The Balaban J connectivity index is 1.86. The third-order valence-corrected chi connectivity index (χ3v) is 4.96. The molecule has 0 spiro atoms. The van der Waals surface area contributed by atoms with Crippen molar-refractivity contribution in [2.75, 3.05) is 19.6 Å². The van der Waals surface area contributed by atoms with Crippen molar-refractivity contribution in [1.29, 1.82) is 0 Å². The van der Waals surface area contributed by atoms with Crippen LogP contribution in [-0.2, 0) is 16.4 Å². The van der Waals surface area contributed by atoms with Gasteiger partial charge in [-0.1, -0.05) is 19.1 Å². The standard InChI is InChI=1S/C15H24N4O2S/c1-12-7-10-19(11-8-12)15(16)18-9-6-13-2-4-14(5-3-13)22(17,20)21/h2-5,12H,6-11H2,1H3,(H2,16,18)(H2,17,20,21). The van der Waals surface area contributed by atoms with Crippen LogP contribution in [0.4, 0.5) is 0 Å². The quantitative estimate of drug-likeness (QED) is 0.635. The number of likely N-dealkylation sites (tertiary alicyclic amines) is 1. The summed E-state index contributed by atoms with van der Waals surface area (Å²) in [7, 11) is -3.63. The van der Waals surface area contributed by atoms with Crippen LogP contribution in [0.5, 0.6) is 0 Å². The highest BCUT2D eigenvalue weighted by molar-refractivity contribution is 7.89. The molecule has 22 heavy (non-hydrogen) atoms. The van der Waals surface area contributed by atoms with Gasteiger partial charge in [0.2, 0.25) is 10.0 Å². The molecule has 0 radical (unpaired) electrons. The summed E-state index contributed by atoms with van der Waals surface area (Å²) in [6, 6.07) is 6.55. The van der Waals surface area contributed by atoms with E-state index in [-0.39, 0.29) is 4.90 Å². The van der Waals surface area contributed by atoms with Gasteiger partial charge in [-0.3, -0.25) is 4.99 Å². The molecule has 122 valence electrons. The summed E-state index contributed by atoms with van der Waals surface area (Å²) in [6.07, 6.45) is 3.03. The van der Waals surface area contributed by atoms with E-state index in [2.05, 4.69) is 16.8 Å². The zero-order valence-electron chi connectivity index (χ0n) is 12.9. The minimum atomic E-state index is -3.63. The van der Waals surface area contributed by atoms with Gasteiger partial charge in [0.25, 0.3) is 0 Å². The molecule has 1 aromatic rings. The van der Waals surface area contributed by atoms with E-state index in [1.54, 1.807) is 12.1 Å². The molecular formula is C15H24N4O2S. The average molecular weight is 324 g/mol. The molecule has 6 nitrogen and oxygen atoms in total. The topological polar surface area (TPSA) is 102 Å². The molecule has 1 aliphatic rings. The van der Waals surface area contributed by atoms with E-state index in [0.717, 1.165) is 43.8 Å². The Morgan fingerprint density at radius 2 is 1.86 bits per heavy atom. The number of nitrogens with two attached hydrogens (primary N) is 2. The van der Waals surface area contributed by atoms with Crippen LogP contribution in [0.15, 0.2) is 34.2 Å². The van der Waals surface area contributed by atoms with E-state index in [0.29, 0.717) is 12.5 Å². The van der Waals surface area contributed by atoms with Crippen LogP contribution in [0, 0.1) is 5.92 Å². The third kappa shape index (κ3) is 4.71. The second-order valence-corrected chi connectivity index (χ2v) is 7.41. The molecule has 1 fully saturated rings. The van der Waals surface area contributed by atoms with Crippen molar-refractivity contribution in [2.45, 2.75) is 31.1 Å². The molecule has 0 bridgehead atoms. The Morgan fingerprint density at radius 1 is 1.27 bits per heavy atom. The molecule has 0 saturated carbocycles. The molecule has 0 amide bonds. The Bertz CT molecular complexity index is 617. The lowest BCUT2D eigenvalue weighted by Gasteiger charge is -2.31. The van der Waals surface area contributed by atoms with Crippen molar-refractivity contribution in [3.8, 4) is 0 Å². The van der Waals surface area contributed by atoms with Crippen LogP contribution in [0.1, 0.15) is 25.3 Å². The van der Waals surface area contributed by atoms with Gasteiger partial charge in [0.1, 0.15) is 0 Å². The zero-order chi connectivity index (χ0) is 16.2. The maximum Gasteiger partial charge on any atom is 0.238 e. The molecule has 1 heterocycles. The van der Waals surface area contributed by atoms with Crippen molar-refractivity contribution in [1.82, 2.24) is 4.90 Å². The largest absolute Gasteiger partial charge is 0.370 e. The fourth-order valence-corrected chi connectivity index (χ4v) is 3.00. The monoisotopic (exact) mass is 324 g/mol. The maximum absolute atomic E-state index is 11.2. The van der Waals surface area contributed by atoms with Crippen LogP contribution in [-0.4, -0.2) is 38.9 Å². The van der Waals surface area contributed by atoms with Gasteiger partial charge in [-0.2, -0.15) is 0 Å². The van der Waals surface area contributed by atoms with E-state index in [9.17, 15) is 8.42 Å². The van der Waals surface area contributed by atoms with Gasteiger partial charge >= 0.3 is 0 Å². The highest BCUT2D eigenvalue weighted by atomic mass is 32.2. The molecule has 2 rings (SSSR count). The minimum Gasteiger partial charge on any atom is -0.370 e. The predicted octanol–water partition coefficient (Wildman–Crippen LogP) is 0.923. The molecule has 0 unspecified atom stereocenters. The van der Waals surface area contributed by atoms with E-state index in [4.69, 9.17) is 10.9 Å². The molecule has 1 aromatic carbocycles. The number of sulfonamides is 1. The molecule has 0 aromatic heterocycles. The normalized spacial score (nSPS) is 17.7. The number of guanidine groups is 1. The van der Waals surface area contributed by atoms with Gasteiger partial charge in [0.15, 0.2) is 5.96 Å². The first-order chi connectivity index (χ1) is 10.4. The van der Waals surface area contributed by atoms with Crippen LogP contribution >= 0.6 is 0 Å². The van der Waals surface area contributed by atoms with Gasteiger partial charge in [0, 0.05) is 19.6 Å². The van der Waals surface area contributed by atoms with E-state index in [1.807, 2.05) is 0 Å². The fraction of sp³-hybridized carbons (Fsp3) is 0.533. The van der Waals surface area contributed by atoms with Crippen LogP contribution in [0.2, 0.25) is 0 Å². The Labute approximate surface area is 132 Å². The van der Waals surface area contributed by atoms with Crippen molar-refractivity contribution in [3.05, 3.63) is 29.8 Å². The van der Waals surface area contributed by atoms with Crippen molar-refractivity contribution >= 4 is 16.0 Å². The van der Waals surface area contributed by atoms with Crippen molar-refractivity contribution < 1.29 is 8.42 Å². The second-order valence-electron chi connectivity index (χ2n) is 5.85. The molecule has 1 aliphatic heterocycles. The zero-order valence-corrected chi connectivity index (χ0v) is 13.7. The summed E-state index contributed by atoms with van der Waals surface area (Å²) in [6.45, 7) is 4.79. The lowest BCUT2D eigenvalue weighted by Crippen LogP contribution is -2.42. The molecule has 0 atom stereocenters. The number of hydrogen-bond donors (Lipinski definition) is 2.